The highest BCUT2D eigenvalue weighted by Crippen LogP contribution is 2.40. The van der Waals surface area contributed by atoms with Crippen molar-refractivity contribution in [3.63, 3.8) is 0 Å². The molecule has 0 saturated carbocycles. The molecule has 3 aromatic rings. The van der Waals surface area contributed by atoms with E-state index in [9.17, 15) is 0 Å². The fourth-order valence-electron chi connectivity index (χ4n) is 3.77. The average Bonchev–Trinajstić information content (AvgIpc) is 2.78. The van der Waals surface area contributed by atoms with E-state index in [0.29, 0.717) is 18.0 Å². The van der Waals surface area contributed by atoms with Gasteiger partial charge in [0.15, 0.2) is 8.32 Å². The first kappa shape index (κ1) is 29.2. The molecule has 1 atom stereocenters. The van der Waals surface area contributed by atoms with Crippen molar-refractivity contribution in [2.75, 3.05) is 18.1 Å². The number of fused-ring (bicyclic) bond motifs is 1. The van der Waals surface area contributed by atoms with Gasteiger partial charge in [-0.15, -0.1) is 0 Å². The van der Waals surface area contributed by atoms with E-state index in [2.05, 4.69) is 92.0 Å². The lowest BCUT2D eigenvalue weighted by molar-refractivity contribution is 0.260. The lowest BCUT2D eigenvalue weighted by Gasteiger charge is -2.37. The van der Waals surface area contributed by atoms with Crippen molar-refractivity contribution in [1.82, 2.24) is 4.98 Å². The molecule has 0 aliphatic heterocycles. The number of aromatic nitrogens is 1. The van der Waals surface area contributed by atoms with Crippen LogP contribution in [0.25, 0.3) is 10.9 Å². The molecular weight excluding hydrogens is 491 g/mol. The fourth-order valence-corrected chi connectivity index (χ4v) is 5.85. The van der Waals surface area contributed by atoms with Gasteiger partial charge in [0, 0.05) is 17.9 Å². The smallest absolute Gasteiger partial charge is 0.250 e. The third-order valence-corrected chi connectivity index (χ3v) is 17.3. The summed E-state index contributed by atoms with van der Waals surface area (Å²) in [5.74, 6) is 0.908. The van der Waals surface area contributed by atoms with Crippen molar-refractivity contribution in [2.45, 2.75) is 90.1 Å². The molecule has 37 heavy (non-hydrogen) atoms. The van der Waals surface area contributed by atoms with E-state index >= 15 is 0 Å². The predicted molar refractivity (Wildman–Crippen MR) is 164 cm³/mol. The Hall–Kier alpha value is -2.36. The summed E-state index contributed by atoms with van der Waals surface area (Å²) in [6.07, 6.45) is 0.754. The van der Waals surface area contributed by atoms with Crippen molar-refractivity contribution < 1.29 is 8.85 Å². The number of hydrogen-bond donors (Lipinski definition) is 2. The lowest BCUT2D eigenvalue weighted by Crippen LogP contribution is -2.43. The van der Waals surface area contributed by atoms with Crippen LogP contribution in [0.15, 0.2) is 48.5 Å². The summed E-state index contributed by atoms with van der Waals surface area (Å²) in [4.78, 5) is 5.00. The van der Waals surface area contributed by atoms with Crippen molar-refractivity contribution in [2.24, 2.45) is 0 Å². The third kappa shape index (κ3) is 6.56. The summed E-state index contributed by atoms with van der Waals surface area (Å²) in [6.45, 7) is 23.2. The van der Waals surface area contributed by atoms with E-state index < -0.39 is 16.6 Å². The molecule has 4 N–H and O–H groups in total. The van der Waals surface area contributed by atoms with Crippen LogP contribution in [0.3, 0.4) is 0 Å². The summed E-state index contributed by atoms with van der Waals surface area (Å²) in [6, 6.07) is 16.4. The van der Waals surface area contributed by atoms with Gasteiger partial charge in [-0.2, -0.15) is 0 Å². The molecule has 3 rings (SSSR count). The normalized spacial score (nSPS) is 14.1. The zero-order valence-electron chi connectivity index (χ0n) is 24.5. The van der Waals surface area contributed by atoms with Crippen LogP contribution in [-0.4, -0.2) is 28.2 Å². The summed E-state index contributed by atoms with van der Waals surface area (Å²) in [5, 5.41) is 1.15. The molecule has 202 valence electrons. The number of pyridine rings is 1. The lowest BCUT2D eigenvalue weighted by atomic mass is 9.94. The minimum atomic E-state index is -1.97. The number of benzene rings is 2. The second-order valence-corrected chi connectivity index (χ2v) is 22.9. The second kappa shape index (κ2) is 10.4. The predicted octanol–water partition coefficient (Wildman–Crippen LogP) is 8.13. The maximum Gasteiger partial charge on any atom is 0.250 e. The third-order valence-electron chi connectivity index (χ3n) is 8.42. The van der Waals surface area contributed by atoms with Crippen LogP contribution in [-0.2, 0) is 10.8 Å². The Morgan fingerprint density at radius 3 is 1.92 bits per heavy atom. The summed E-state index contributed by atoms with van der Waals surface area (Å²) >= 11 is 0. The van der Waals surface area contributed by atoms with E-state index in [4.69, 9.17) is 25.3 Å². The van der Waals surface area contributed by atoms with Gasteiger partial charge in [-0.3, -0.25) is 4.98 Å². The number of nitrogens with two attached hydrogens (primary N) is 2. The maximum atomic E-state index is 6.70. The van der Waals surface area contributed by atoms with Crippen LogP contribution in [0.5, 0.6) is 5.75 Å². The number of nitrogens with zero attached hydrogens (tertiary/aromatic N) is 1. The molecule has 1 aromatic heterocycles. The Kier molecular flexibility index (Phi) is 8.23. The first-order valence-corrected chi connectivity index (χ1v) is 19.1. The fraction of sp³-hybridized carbons (Fsp3) is 0.500. The van der Waals surface area contributed by atoms with Crippen LogP contribution in [0.1, 0.15) is 58.7 Å². The molecule has 0 aliphatic rings. The Balaban J connectivity index is 1.95. The van der Waals surface area contributed by atoms with Gasteiger partial charge in [-0.05, 0) is 66.4 Å². The van der Waals surface area contributed by atoms with E-state index in [-0.39, 0.29) is 16.0 Å². The van der Waals surface area contributed by atoms with Gasteiger partial charge >= 0.3 is 0 Å². The maximum absolute atomic E-state index is 6.70. The highest BCUT2D eigenvalue weighted by atomic mass is 28.4. The molecule has 0 radical (unpaired) electrons. The summed E-state index contributed by atoms with van der Waals surface area (Å²) in [5.41, 5.74) is 17.1. The van der Waals surface area contributed by atoms with Crippen molar-refractivity contribution in [1.29, 1.82) is 0 Å². The second-order valence-electron chi connectivity index (χ2n) is 13.3. The molecule has 0 amide bonds. The van der Waals surface area contributed by atoms with Crippen molar-refractivity contribution in [3.05, 3.63) is 59.8 Å². The minimum Gasteiger partial charge on any atom is -0.544 e. The molecule has 5 nitrogen and oxygen atoms in total. The Labute approximate surface area is 226 Å². The molecule has 1 heterocycles. The Bertz CT molecular complexity index is 1230. The zero-order chi connectivity index (χ0) is 27.8. The molecule has 0 saturated heterocycles. The molecule has 0 spiro atoms. The van der Waals surface area contributed by atoms with Gasteiger partial charge in [0.1, 0.15) is 5.75 Å². The van der Waals surface area contributed by atoms with E-state index in [1.54, 1.807) is 0 Å². The molecule has 0 fully saturated rings. The van der Waals surface area contributed by atoms with Crippen molar-refractivity contribution >= 4 is 38.9 Å². The molecule has 0 unspecified atom stereocenters. The van der Waals surface area contributed by atoms with Crippen LogP contribution in [0, 0.1) is 0 Å². The van der Waals surface area contributed by atoms with Crippen LogP contribution < -0.4 is 15.9 Å². The summed E-state index contributed by atoms with van der Waals surface area (Å²) in [7, 11) is -3.87. The highest BCUT2D eigenvalue weighted by molar-refractivity contribution is 6.75. The summed E-state index contributed by atoms with van der Waals surface area (Å²) < 4.78 is 13.2. The monoisotopic (exact) mass is 537 g/mol. The first-order valence-electron chi connectivity index (χ1n) is 13.3. The molecule has 2 aromatic carbocycles. The quantitative estimate of drug-likeness (QED) is 0.283. The van der Waals surface area contributed by atoms with E-state index in [0.717, 1.165) is 28.8 Å². The van der Waals surface area contributed by atoms with Gasteiger partial charge in [0.25, 0.3) is 0 Å². The molecule has 0 aliphatic carbocycles. The van der Waals surface area contributed by atoms with Crippen LogP contribution >= 0.6 is 0 Å². The highest BCUT2D eigenvalue weighted by Gasteiger charge is 2.39. The largest absolute Gasteiger partial charge is 0.544 e. The Morgan fingerprint density at radius 2 is 1.35 bits per heavy atom. The SMILES string of the molecule is CC(C)(C)[Si](C)(C)OC[C@@H](Cc1ccc(O[Si](C)(C)C(C)(C)C)cc1)c1nc2ccccc2c(N)c1N. The van der Waals surface area contributed by atoms with Gasteiger partial charge in [-0.1, -0.05) is 71.9 Å². The number of nitrogen functional groups attached to an aromatic ring is 2. The van der Waals surface area contributed by atoms with E-state index in [1.165, 1.54) is 5.56 Å². The van der Waals surface area contributed by atoms with Crippen LogP contribution in [0.4, 0.5) is 11.4 Å². The minimum absolute atomic E-state index is 0.0202. The number of anilines is 2. The average molecular weight is 538 g/mol. The van der Waals surface area contributed by atoms with E-state index in [1.807, 2.05) is 24.3 Å². The van der Waals surface area contributed by atoms with Gasteiger partial charge in [0.2, 0.25) is 8.32 Å². The van der Waals surface area contributed by atoms with Gasteiger partial charge < -0.3 is 20.3 Å². The standard InChI is InChI=1S/C30H47N3O2Si2/c1-29(2,3)36(7,8)34-20-22(28-27(32)26(31)24-13-11-12-14-25(24)33-28)19-21-15-17-23(18-16-21)35-37(9,10)30(4,5)6/h11-18,22H,19-20,32H2,1-10H3,(H2,31,33)/t22-/m1/s1. The van der Waals surface area contributed by atoms with Crippen molar-refractivity contribution in [3.8, 4) is 5.75 Å². The molecule has 0 bridgehead atoms. The van der Waals surface area contributed by atoms with Gasteiger partial charge in [-0.25, -0.2) is 0 Å². The zero-order valence-corrected chi connectivity index (χ0v) is 26.5. The number of para-hydroxylation sites is 1. The number of hydrogen-bond acceptors (Lipinski definition) is 5. The molecular formula is C30H47N3O2Si2. The number of rotatable bonds is 8. The topological polar surface area (TPSA) is 83.4 Å². The van der Waals surface area contributed by atoms with Gasteiger partial charge in [0.05, 0.1) is 22.6 Å². The Morgan fingerprint density at radius 1 is 0.784 bits per heavy atom. The van der Waals surface area contributed by atoms with Crippen LogP contribution in [0.2, 0.25) is 36.3 Å². The molecule has 7 heteroatoms. The first-order chi connectivity index (χ1) is 16.9.